The zero-order valence-corrected chi connectivity index (χ0v) is 17.2. The molecular formula is C20H22N2O3S2. The molecule has 0 radical (unpaired) electrons. The van der Waals surface area contributed by atoms with Crippen LogP contribution in [0.1, 0.15) is 62.5 Å². The second kappa shape index (κ2) is 6.87. The van der Waals surface area contributed by atoms with Crippen molar-refractivity contribution in [1.82, 2.24) is 9.88 Å². The highest BCUT2D eigenvalue weighted by molar-refractivity contribution is 7.14. The lowest BCUT2D eigenvalue weighted by molar-refractivity contribution is -0.131. The maximum Gasteiger partial charge on any atom is 0.290 e. The number of thiazole rings is 1. The number of rotatable bonds is 4. The summed E-state index contributed by atoms with van der Waals surface area (Å²) in [5.74, 6) is -1.08. The monoisotopic (exact) mass is 402 g/mol. The van der Waals surface area contributed by atoms with Gasteiger partial charge in [0.15, 0.2) is 5.76 Å². The van der Waals surface area contributed by atoms with Crippen LogP contribution in [0, 0.1) is 20.8 Å². The summed E-state index contributed by atoms with van der Waals surface area (Å²) in [4.78, 5) is 34.0. The summed E-state index contributed by atoms with van der Waals surface area (Å²) >= 11 is 2.85. The van der Waals surface area contributed by atoms with Crippen molar-refractivity contribution in [2.45, 2.75) is 58.5 Å². The van der Waals surface area contributed by atoms with Gasteiger partial charge < -0.3 is 10.0 Å². The first-order valence-electron chi connectivity index (χ1n) is 9.18. The fraction of sp³-hybridized carbons (Fsp3) is 0.450. The SMILES string of the molecule is Cc1nc(C)c(C(=O)C2=C(O)C(=O)N(C3CCCC3)C2c2sccc2C)s1. The van der Waals surface area contributed by atoms with Crippen LogP contribution in [0.15, 0.2) is 22.8 Å². The Bertz CT molecular complexity index is 950. The molecule has 1 saturated carbocycles. The summed E-state index contributed by atoms with van der Waals surface area (Å²) in [6, 6.07) is 1.56. The fourth-order valence-corrected chi connectivity index (χ4v) is 6.11. The first-order chi connectivity index (χ1) is 12.9. The molecule has 27 heavy (non-hydrogen) atoms. The van der Waals surface area contributed by atoms with Crippen molar-refractivity contribution in [3.05, 3.63) is 48.8 Å². The molecular weight excluding hydrogens is 380 g/mol. The van der Waals surface area contributed by atoms with E-state index in [9.17, 15) is 14.7 Å². The van der Waals surface area contributed by atoms with Gasteiger partial charge in [-0.1, -0.05) is 12.8 Å². The van der Waals surface area contributed by atoms with Crippen molar-refractivity contribution in [3.63, 3.8) is 0 Å². The molecule has 1 amide bonds. The quantitative estimate of drug-likeness (QED) is 0.756. The van der Waals surface area contributed by atoms with Crippen LogP contribution >= 0.6 is 22.7 Å². The number of nitrogens with zero attached hydrogens (tertiary/aromatic N) is 2. The highest BCUT2D eigenvalue weighted by Gasteiger charge is 2.48. The summed E-state index contributed by atoms with van der Waals surface area (Å²) in [6.07, 6.45) is 3.98. The third-order valence-electron chi connectivity index (χ3n) is 5.47. The number of ketones is 1. The number of Topliss-reactive ketones (excluding diaryl/α,β-unsaturated/α-hetero) is 1. The molecule has 1 fully saturated rings. The van der Waals surface area contributed by atoms with E-state index < -0.39 is 17.7 Å². The van der Waals surface area contributed by atoms with E-state index in [4.69, 9.17) is 0 Å². The van der Waals surface area contributed by atoms with E-state index in [0.717, 1.165) is 41.1 Å². The summed E-state index contributed by atoms with van der Waals surface area (Å²) in [7, 11) is 0. The van der Waals surface area contributed by atoms with E-state index in [2.05, 4.69) is 4.98 Å². The highest BCUT2D eigenvalue weighted by Crippen LogP contribution is 2.46. The Morgan fingerprint density at radius 1 is 1.26 bits per heavy atom. The van der Waals surface area contributed by atoms with Crippen LogP contribution in [0.4, 0.5) is 0 Å². The van der Waals surface area contributed by atoms with Gasteiger partial charge in [0, 0.05) is 10.9 Å². The third kappa shape index (κ3) is 2.93. The lowest BCUT2D eigenvalue weighted by Gasteiger charge is -2.31. The molecule has 1 aliphatic heterocycles. The third-order valence-corrected chi connectivity index (χ3v) is 7.61. The van der Waals surface area contributed by atoms with Gasteiger partial charge in [-0.05, 0) is 50.6 Å². The molecule has 1 N–H and O–H groups in total. The molecule has 1 unspecified atom stereocenters. The first kappa shape index (κ1) is 18.4. The van der Waals surface area contributed by atoms with Crippen molar-refractivity contribution in [3.8, 4) is 0 Å². The predicted molar refractivity (Wildman–Crippen MR) is 106 cm³/mol. The Morgan fingerprint density at radius 3 is 2.52 bits per heavy atom. The molecule has 0 spiro atoms. The Balaban J connectivity index is 1.84. The van der Waals surface area contributed by atoms with Gasteiger partial charge in [-0.15, -0.1) is 22.7 Å². The lowest BCUT2D eigenvalue weighted by Crippen LogP contribution is -2.38. The zero-order chi connectivity index (χ0) is 19.3. The van der Waals surface area contributed by atoms with E-state index in [1.54, 1.807) is 11.8 Å². The highest BCUT2D eigenvalue weighted by atomic mass is 32.1. The molecule has 1 aliphatic carbocycles. The van der Waals surface area contributed by atoms with Crippen molar-refractivity contribution in [2.75, 3.05) is 0 Å². The number of thiophene rings is 1. The Kier molecular flexibility index (Phi) is 4.68. The lowest BCUT2D eigenvalue weighted by atomic mass is 9.97. The molecule has 0 saturated heterocycles. The molecule has 5 nitrogen and oxygen atoms in total. The number of hydrogen-bond acceptors (Lipinski definition) is 6. The van der Waals surface area contributed by atoms with Gasteiger partial charge in [-0.25, -0.2) is 4.98 Å². The number of aliphatic hydroxyl groups is 1. The minimum Gasteiger partial charge on any atom is -0.503 e. The summed E-state index contributed by atoms with van der Waals surface area (Å²) in [5, 5.41) is 13.5. The van der Waals surface area contributed by atoms with Crippen LogP contribution in [-0.4, -0.2) is 32.7 Å². The van der Waals surface area contributed by atoms with Crippen LogP contribution in [0.25, 0.3) is 0 Å². The number of aryl methyl sites for hydroxylation is 3. The molecule has 0 aromatic carbocycles. The van der Waals surface area contributed by atoms with Crippen LogP contribution in [-0.2, 0) is 4.79 Å². The Morgan fingerprint density at radius 2 is 1.96 bits per heavy atom. The topological polar surface area (TPSA) is 70.5 Å². The minimum absolute atomic E-state index is 0.0701. The molecule has 4 rings (SSSR count). The molecule has 2 aliphatic rings. The minimum atomic E-state index is -0.505. The van der Waals surface area contributed by atoms with Crippen molar-refractivity contribution in [1.29, 1.82) is 0 Å². The van der Waals surface area contributed by atoms with Crippen LogP contribution in [0.3, 0.4) is 0 Å². The molecule has 7 heteroatoms. The second-order valence-electron chi connectivity index (χ2n) is 7.26. The molecule has 1 atom stereocenters. The van der Waals surface area contributed by atoms with E-state index in [1.807, 2.05) is 25.3 Å². The average molecular weight is 403 g/mol. The van der Waals surface area contributed by atoms with Crippen LogP contribution in [0.2, 0.25) is 0 Å². The summed E-state index contributed by atoms with van der Waals surface area (Å²) in [5.41, 5.74) is 1.90. The number of carbonyl (C=O) groups is 2. The van der Waals surface area contributed by atoms with E-state index in [-0.39, 0.29) is 17.4 Å². The van der Waals surface area contributed by atoms with E-state index >= 15 is 0 Å². The van der Waals surface area contributed by atoms with Gasteiger partial charge in [-0.3, -0.25) is 9.59 Å². The number of hydrogen-bond donors (Lipinski definition) is 1. The van der Waals surface area contributed by atoms with E-state index in [0.29, 0.717) is 10.6 Å². The van der Waals surface area contributed by atoms with Crippen LogP contribution < -0.4 is 0 Å². The molecule has 2 aromatic rings. The molecule has 142 valence electrons. The largest absolute Gasteiger partial charge is 0.503 e. The summed E-state index contributed by atoms with van der Waals surface area (Å²) in [6.45, 7) is 5.64. The van der Waals surface area contributed by atoms with Crippen molar-refractivity contribution in [2.24, 2.45) is 0 Å². The van der Waals surface area contributed by atoms with Gasteiger partial charge in [-0.2, -0.15) is 0 Å². The maximum atomic E-state index is 13.4. The van der Waals surface area contributed by atoms with Gasteiger partial charge in [0.25, 0.3) is 5.91 Å². The Hall–Kier alpha value is -1.99. The first-order valence-corrected chi connectivity index (χ1v) is 10.9. The second-order valence-corrected chi connectivity index (χ2v) is 9.41. The smallest absolute Gasteiger partial charge is 0.290 e. The predicted octanol–water partition coefficient (Wildman–Crippen LogP) is 4.65. The molecule has 0 bridgehead atoms. The fourth-order valence-electron chi connectivity index (χ4n) is 4.20. The van der Waals surface area contributed by atoms with E-state index in [1.165, 1.54) is 22.7 Å². The molecule has 3 heterocycles. The number of aromatic nitrogens is 1. The zero-order valence-electron chi connectivity index (χ0n) is 15.6. The Labute approximate surface area is 166 Å². The normalized spacial score (nSPS) is 20.9. The number of amides is 1. The van der Waals surface area contributed by atoms with Crippen molar-refractivity contribution >= 4 is 34.4 Å². The van der Waals surface area contributed by atoms with Gasteiger partial charge in [0.1, 0.15) is 6.04 Å². The van der Waals surface area contributed by atoms with Gasteiger partial charge in [0.05, 0.1) is 21.2 Å². The van der Waals surface area contributed by atoms with Crippen LogP contribution in [0.5, 0.6) is 0 Å². The maximum absolute atomic E-state index is 13.4. The number of carbonyl (C=O) groups excluding carboxylic acids is 2. The summed E-state index contributed by atoms with van der Waals surface area (Å²) < 4.78 is 0. The average Bonchev–Trinajstić information content (AvgIpc) is 3.38. The van der Waals surface area contributed by atoms with Gasteiger partial charge >= 0.3 is 0 Å². The molecule has 2 aromatic heterocycles. The number of aliphatic hydroxyl groups excluding tert-OH is 1. The van der Waals surface area contributed by atoms with Gasteiger partial charge in [0.2, 0.25) is 5.78 Å². The standard InChI is InChI=1S/C20H22N2O3S2/c1-10-8-9-26-18(10)15-14(16(23)19-11(2)21-12(3)27-19)17(24)20(25)22(15)13-6-4-5-7-13/h8-9,13,15,24H,4-7H2,1-3H3. The van der Waals surface area contributed by atoms with Crippen molar-refractivity contribution < 1.29 is 14.7 Å².